The van der Waals surface area contributed by atoms with Crippen molar-refractivity contribution < 1.29 is 4.79 Å². The van der Waals surface area contributed by atoms with Gasteiger partial charge in [-0.3, -0.25) is 4.79 Å². The fourth-order valence-electron chi connectivity index (χ4n) is 1.84. The molecule has 1 N–H and O–H groups in total. The summed E-state index contributed by atoms with van der Waals surface area (Å²) in [5.41, 5.74) is 2.27. The van der Waals surface area contributed by atoms with Crippen LogP contribution in [0.3, 0.4) is 0 Å². The second-order valence-electron chi connectivity index (χ2n) is 3.93. The van der Waals surface area contributed by atoms with E-state index in [2.05, 4.69) is 10.3 Å². The van der Waals surface area contributed by atoms with Gasteiger partial charge in [0.2, 0.25) is 0 Å². The number of pyridine rings is 1. The minimum Gasteiger partial charge on any atom is -0.320 e. The molecule has 2 aromatic heterocycles. The number of rotatable bonds is 2. The Morgan fingerprint density at radius 2 is 1.94 bits per heavy atom. The summed E-state index contributed by atoms with van der Waals surface area (Å²) in [7, 11) is 0. The summed E-state index contributed by atoms with van der Waals surface area (Å²) in [6.07, 6.45) is 5.31. The number of anilines is 1. The van der Waals surface area contributed by atoms with Crippen molar-refractivity contribution in [3.63, 3.8) is 0 Å². The Morgan fingerprint density at radius 3 is 2.78 bits per heavy atom. The molecule has 0 fully saturated rings. The van der Waals surface area contributed by atoms with Gasteiger partial charge < -0.3 is 9.72 Å². The van der Waals surface area contributed by atoms with Crippen LogP contribution in [0.25, 0.3) is 5.52 Å². The van der Waals surface area contributed by atoms with Crippen molar-refractivity contribution in [2.75, 3.05) is 5.32 Å². The first-order valence-electron chi connectivity index (χ1n) is 5.62. The molecule has 0 saturated heterocycles. The van der Waals surface area contributed by atoms with E-state index in [0.29, 0.717) is 5.56 Å². The van der Waals surface area contributed by atoms with Gasteiger partial charge in [0, 0.05) is 11.8 Å². The molecular formula is C14H11N3O. The molecular weight excluding hydrogens is 226 g/mol. The Kier molecular flexibility index (Phi) is 2.53. The van der Waals surface area contributed by atoms with E-state index in [1.807, 2.05) is 40.9 Å². The average Bonchev–Trinajstić information content (AvgIpc) is 2.89. The number of benzene rings is 1. The number of carbonyl (C=O) groups is 1. The third-order valence-electron chi connectivity index (χ3n) is 2.74. The van der Waals surface area contributed by atoms with Gasteiger partial charge in [-0.05, 0) is 24.3 Å². The van der Waals surface area contributed by atoms with Crippen LogP contribution in [0.5, 0.6) is 0 Å². The standard InChI is InChI=1S/C14H11N3O/c18-14(11-5-2-1-3-6-11)16-12-7-4-8-17-10-15-9-13(12)17/h1-10H,(H,16,18). The highest BCUT2D eigenvalue weighted by Crippen LogP contribution is 2.16. The molecule has 18 heavy (non-hydrogen) atoms. The molecule has 0 bridgehead atoms. The Bertz CT molecular complexity index is 688. The summed E-state index contributed by atoms with van der Waals surface area (Å²) in [6.45, 7) is 0. The second-order valence-corrected chi connectivity index (χ2v) is 3.93. The van der Waals surface area contributed by atoms with Crippen LogP contribution in [-0.4, -0.2) is 15.3 Å². The normalized spacial score (nSPS) is 10.4. The highest BCUT2D eigenvalue weighted by molar-refractivity contribution is 6.06. The van der Waals surface area contributed by atoms with Crippen molar-refractivity contribution in [1.29, 1.82) is 0 Å². The second kappa shape index (κ2) is 4.33. The molecule has 3 aromatic rings. The quantitative estimate of drug-likeness (QED) is 0.744. The molecule has 3 rings (SSSR count). The summed E-state index contributed by atoms with van der Waals surface area (Å²) in [5.74, 6) is -0.120. The zero-order valence-corrected chi connectivity index (χ0v) is 9.58. The molecule has 0 radical (unpaired) electrons. The van der Waals surface area contributed by atoms with Crippen molar-refractivity contribution in [1.82, 2.24) is 9.38 Å². The molecule has 0 saturated carbocycles. The van der Waals surface area contributed by atoms with Crippen molar-refractivity contribution >= 4 is 17.1 Å². The zero-order chi connectivity index (χ0) is 12.4. The van der Waals surface area contributed by atoms with Crippen LogP contribution in [0.1, 0.15) is 10.4 Å². The van der Waals surface area contributed by atoms with Crippen LogP contribution in [0.15, 0.2) is 61.2 Å². The number of nitrogens with zero attached hydrogens (tertiary/aromatic N) is 2. The first-order valence-corrected chi connectivity index (χ1v) is 5.62. The monoisotopic (exact) mass is 237 g/mol. The van der Waals surface area contributed by atoms with E-state index in [9.17, 15) is 4.79 Å². The number of carbonyl (C=O) groups excluding carboxylic acids is 1. The topological polar surface area (TPSA) is 46.4 Å². The van der Waals surface area contributed by atoms with E-state index < -0.39 is 0 Å². The fourth-order valence-corrected chi connectivity index (χ4v) is 1.84. The van der Waals surface area contributed by atoms with Gasteiger partial charge >= 0.3 is 0 Å². The fraction of sp³-hybridized carbons (Fsp3) is 0. The van der Waals surface area contributed by atoms with Gasteiger partial charge in [-0.1, -0.05) is 18.2 Å². The number of amides is 1. The van der Waals surface area contributed by atoms with Gasteiger partial charge in [0.1, 0.15) is 0 Å². The van der Waals surface area contributed by atoms with Gasteiger partial charge in [-0.15, -0.1) is 0 Å². The van der Waals surface area contributed by atoms with Crippen LogP contribution >= 0.6 is 0 Å². The number of aromatic nitrogens is 2. The van der Waals surface area contributed by atoms with E-state index in [4.69, 9.17) is 0 Å². The molecule has 0 aliphatic rings. The molecule has 4 heteroatoms. The van der Waals surface area contributed by atoms with Crippen LogP contribution in [0, 0.1) is 0 Å². The number of hydrogen-bond donors (Lipinski definition) is 1. The average molecular weight is 237 g/mol. The van der Waals surface area contributed by atoms with Crippen LogP contribution in [0.4, 0.5) is 5.69 Å². The third kappa shape index (κ3) is 1.84. The van der Waals surface area contributed by atoms with E-state index in [1.165, 1.54) is 0 Å². The Labute approximate surface area is 104 Å². The summed E-state index contributed by atoms with van der Waals surface area (Å²) >= 11 is 0. The number of fused-ring (bicyclic) bond motifs is 1. The zero-order valence-electron chi connectivity index (χ0n) is 9.58. The maximum atomic E-state index is 12.0. The largest absolute Gasteiger partial charge is 0.320 e. The molecule has 88 valence electrons. The van der Waals surface area contributed by atoms with Crippen molar-refractivity contribution in [3.8, 4) is 0 Å². The Hall–Kier alpha value is -2.62. The molecule has 0 atom stereocenters. The highest BCUT2D eigenvalue weighted by Gasteiger charge is 2.07. The molecule has 4 nitrogen and oxygen atoms in total. The highest BCUT2D eigenvalue weighted by atomic mass is 16.1. The first kappa shape index (κ1) is 10.5. The predicted molar refractivity (Wildman–Crippen MR) is 69.6 cm³/mol. The lowest BCUT2D eigenvalue weighted by molar-refractivity contribution is 0.102. The lowest BCUT2D eigenvalue weighted by Crippen LogP contribution is -2.12. The molecule has 0 unspecified atom stereocenters. The molecule has 0 spiro atoms. The third-order valence-corrected chi connectivity index (χ3v) is 2.74. The maximum absolute atomic E-state index is 12.0. The van der Waals surface area contributed by atoms with E-state index in [0.717, 1.165) is 11.2 Å². The number of hydrogen-bond acceptors (Lipinski definition) is 2. The summed E-state index contributed by atoms with van der Waals surface area (Å²) in [6, 6.07) is 12.9. The van der Waals surface area contributed by atoms with E-state index >= 15 is 0 Å². The van der Waals surface area contributed by atoms with Crippen molar-refractivity contribution in [2.45, 2.75) is 0 Å². The molecule has 0 aliphatic carbocycles. The van der Waals surface area contributed by atoms with Gasteiger partial charge in [-0.2, -0.15) is 0 Å². The molecule has 1 aromatic carbocycles. The van der Waals surface area contributed by atoms with Crippen molar-refractivity contribution in [2.24, 2.45) is 0 Å². The van der Waals surface area contributed by atoms with Crippen LogP contribution in [0.2, 0.25) is 0 Å². The number of nitrogens with one attached hydrogen (secondary N) is 1. The SMILES string of the molecule is O=C(Nc1cccn2cncc12)c1ccccc1. The van der Waals surface area contributed by atoms with E-state index in [-0.39, 0.29) is 5.91 Å². The van der Waals surface area contributed by atoms with Gasteiger partial charge in [0.15, 0.2) is 0 Å². The van der Waals surface area contributed by atoms with Gasteiger partial charge in [-0.25, -0.2) is 4.98 Å². The number of imidazole rings is 1. The lowest BCUT2D eigenvalue weighted by atomic mass is 10.2. The molecule has 1 amide bonds. The predicted octanol–water partition coefficient (Wildman–Crippen LogP) is 2.59. The van der Waals surface area contributed by atoms with Gasteiger partial charge in [0.25, 0.3) is 5.91 Å². The Balaban J connectivity index is 1.93. The van der Waals surface area contributed by atoms with Crippen molar-refractivity contribution in [3.05, 3.63) is 66.7 Å². The van der Waals surface area contributed by atoms with Crippen LogP contribution < -0.4 is 5.32 Å². The van der Waals surface area contributed by atoms with Crippen LogP contribution in [-0.2, 0) is 0 Å². The smallest absolute Gasteiger partial charge is 0.255 e. The van der Waals surface area contributed by atoms with E-state index in [1.54, 1.807) is 24.7 Å². The minimum absolute atomic E-state index is 0.120. The first-order chi connectivity index (χ1) is 8.84. The Morgan fingerprint density at radius 1 is 1.11 bits per heavy atom. The van der Waals surface area contributed by atoms with Gasteiger partial charge in [0.05, 0.1) is 23.7 Å². The minimum atomic E-state index is -0.120. The molecule has 2 heterocycles. The maximum Gasteiger partial charge on any atom is 0.255 e. The summed E-state index contributed by atoms with van der Waals surface area (Å²) in [4.78, 5) is 16.1. The summed E-state index contributed by atoms with van der Waals surface area (Å²) < 4.78 is 1.86. The lowest BCUT2D eigenvalue weighted by Gasteiger charge is -2.06. The summed E-state index contributed by atoms with van der Waals surface area (Å²) in [5, 5.41) is 2.89. The molecule has 0 aliphatic heterocycles.